The van der Waals surface area contributed by atoms with Crippen LogP contribution in [-0.2, 0) is 4.74 Å². The fourth-order valence-corrected chi connectivity index (χ4v) is 4.39. The number of esters is 1. The molecule has 2 aromatic carbocycles. The van der Waals surface area contributed by atoms with E-state index in [1.54, 1.807) is 33.3 Å². The summed E-state index contributed by atoms with van der Waals surface area (Å²) in [4.78, 5) is 19.5. The van der Waals surface area contributed by atoms with Gasteiger partial charge in [0.15, 0.2) is 0 Å². The molecule has 0 N–H and O–H groups in total. The van der Waals surface area contributed by atoms with Gasteiger partial charge in [0, 0.05) is 24.2 Å². The number of likely N-dealkylation sites (tertiary alicyclic amines) is 1. The van der Waals surface area contributed by atoms with Crippen LogP contribution in [-0.4, -0.2) is 62.9 Å². The highest BCUT2D eigenvalue weighted by Gasteiger charge is 2.24. The molecule has 0 spiro atoms. The molecule has 7 nitrogen and oxygen atoms in total. The molecule has 1 aliphatic rings. The second-order valence-electron chi connectivity index (χ2n) is 8.29. The molecule has 184 valence electrons. The van der Waals surface area contributed by atoms with Gasteiger partial charge >= 0.3 is 5.97 Å². The maximum absolute atomic E-state index is 12.5. The van der Waals surface area contributed by atoms with Gasteiger partial charge in [0.25, 0.3) is 0 Å². The van der Waals surface area contributed by atoms with Crippen LogP contribution in [0.3, 0.4) is 0 Å². The van der Waals surface area contributed by atoms with Crippen molar-refractivity contribution in [2.75, 3.05) is 41.0 Å². The Bertz CT molecular complexity index is 1190. The highest BCUT2D eigenvalue weighted by molar-refractivity contribution is 6.32. The first-order valence-electron chi connectivity index (χ1n) is 11.5. The maximum Gasteiger partial charge on any atom is 0.356 e. The van der Waals surface area contributed by atoms with Crippen molar-refractivity contribution < 1.29 is 23.7 Å². The van der Waals surface area contributed by atoms with E-state index >= 15 is 0 Å². The zero-order valence-electron chi connectivity index (χ0n) is 20.3. The Morgan fingerprint density at radius 3 is 2.46 bits per heavy atom. The highest BCUT2D eigenvalue weighted by atomic mass is 35.5. The zero-order valence-corrected chi connectivity index (χ0v) is 21.1. The van der Waals surface area contributed by atoms with E-state index in [0.717, 1.165) is 36.2 Å². The summed E-state index contributed by atoms with van der Waals surface area (Å²) in [5, 5.41) is 0.515. The van der Waals surface area contributed by atoms with E-state index in [4.69, 9.17) is 35.5 Å². The molecule has 35 heavy (non-hydrogen) atoms. The number of halogens is 1. The van der Waals surface area contributed by atoms with Crippen LogP contribution < -0.4 is 14.2 Å². The molecule has 0 bridgehead atoms. The first kappa shape index (κ1) is 24.8. The number of carbonyl (C=O) groups is 1. The van der Waals surface area contributed by atoms with Gasteiger partial charge in [0.1, 0.15) is 29.0 Å². The Morgan fingerprint density at radius 1 is 1.09 bits per heavy atom. The van der Waals surface area contributed by atoms with Crippen molar-refractivity contribution in [3.63, 3.8) is 0 Å². The second-order valence-corrected chi connectivity index (χ2v) is 8.69. The SMILES string of the molecule is CCOC(=O)c1ccc(-c2c(OC)cccc2OC)c(-c2ccc(Cl)c(OC3CCN(C)C3)c2)n1. The lowest BCUT2D eigenvalue weighted by Gasteiger charge is -2.18. The Morgan fingerprint density at radius 2 is 1.83 bits per heavy atom. The lowest BCUT2D eigenvalue weighted by atomic mass is 9.97. The van der Waals surface area contributed by atoms with Gasteiger partial charge in [-0.1, -0.05) is 23.7 Å². The Kier molecular flexibility index (Phi) is 7.78. The number of benzene rings is 2. The second kappa shape index (κ2) is 11.0. The van der Waals surface area contributed by atoms with Crippen molar-refractivity contribution in [3.05, 3.63) is 59.2 Å². The normalized spacial score (nSPS) is 15.6. The molecule has 1 aromatic heterocycles. The number of likely N-dealkylation sites (N-methyl/N-ethyl adjacent to an activating group) is 1. The molecular weight excluding hydrogens is 468 g/mol. The van der Waals surface area contributed by atoms with Crippen LogP contribution in [0.1, 0.15) is 23.8 Å². The average molecular weight is 497 g/mol. The van der Waals surface area contributed by atoms with E-state index in [0.29, 0.717) is 28.0 Å². The highest BCUT2D eigenvalue weighted by Crippen LogP contribution is 2.43. The van der Waals surface area contributed by atoms with Crippen LogP contribution in [0.5, 0.6) is 17.2 Å². The summed E-state index contributed by atoms with van der Waals surface area (Å²) in [5.41, 5.74) is 2.97. The van der Waals surface area contributed by atoms with Gasteiger partial charge in [-0.05, 0) is 56.8 Å². The van der Waals surface area contributed by atoms with E-state index in [1.807, 2.05) is 36.4 Å². The number of hydrogen-bond acceptors (Lipinski definition) is 7. The molecule has 0 radical (unpaired) electrons. The molecular formula is C27H29ClN2O5. The molecule has 1 atom stereocenters. The molecule has 1 fully saturated rings. The predicted octanol–water partition coefficient (Wildman–Crippen LogP) is 5.35. The van der Waals surface area contributed by atoms with E-state index in [-0.39, 0.29) is 18.4 Å². The topological polar surface area (TPSA) is 70.1 Å². The number of ether oxygens (including phenoxy) is 4. The van der Waals surface area contributed by atoms with Crippen LogP contribution in [0, 0.1) is 0 Å². The Hall–Kier alpha value is -3.29. The summed E-state index contributed by atoms with van der Waals surface area (Å²) in [6, 6.07) is 14.5. The van der Waals surface area contributed by atoms with Gasteiger partial charge < -0.3 is 23.8 Å². The van der Waals surface area contributed by atoms with Gasteiger partial charge in [-0.15, -0.1) is 0 Å². The van der Waals surface area contributed by atoms with Gasteiger partial charge in [-0.25, -0.2) is 9.78 Å². The largest absolute Gasteiger partial charge is 0.496 e. The monoisotopic (exact) mass is 496 g/mol. The van der Waals surface area contributed by atoms with E-state index < -0.39 is 5.97 Å². The van der Waals surface area contributed by atoms with Gasteiger partial charge in [-0.2, -0.15) is 0 Å². The minimum atomic E-state index is -0.494. The fraction of sp³-hybridized carbons (Fsp3) is 0.333. The van der Waals surface area contributed by atoms with Gasteiger partial charge in [0.2, 0.25) is 0 Å². The quantitative estimate of drug-likeness (QED) is 0.389. The van der Waals surface area contributed by atoms with Gasteiger partial charge in [-0.3, -0.25) is 0 Å². The van der Waals surface area contributed by atoms with E-state index in [2.05, 4.69) is 11.9 Å². The van der Waals surface area contributed by atoms with Crippen molar-refractivity contribution >= 4 is 17.6 Å². The van der Waals surface area contributed by atoms with Crippen molar-refractivity contribution in [2.24, 2.45) is 0 Å². The summed E-state index contributed by atoms with van der Waals surface area (Å²) in [6.07, 6.45) is 0.984. The van der Waals surface area contributed by atoms with Crippen molar-refractivity contribution in [3.8, 4) is 39.6 Å². The Balaban J connectivity index is 1.87. The standard InChI is InChI=1S/C27H29ClN2O5/c1-5-34-27(31)21-12-10-19(25-22(32-3)7-6-8-23(25)33-4)26(29-21)17-9-11-20(28)24(15-17)35-18-13-14-30(2)16-18/h6-12,15,18H,5,13-14,16H2,1-4H3. The van der Waals surface area contributed by atoms with E-state index in [1.165, 1.54) is 0 Å². The average Bonchev–Trinajstić information content (AvgIpc) is 3.29. The lowest BCUT2D eigenvalue weighted by molar-refractivity contribution is 0.0519. The van der Waals surface area contributed by atoms with Crippen molar-refractivity contribution in [2.45, 2.75) is 19.4 Å². The van der Waals surface area contributed by atoms with Crippen LogP contribution in [0.25, 0.3) is 22.4 Å². The maximum atomic E-state index is 12.5. The molecule has 0 aliphatic carbocycles. The molecule has 4 rings (SSSR count). The molecule has 8 heteroatoms. The van der Waals surface area contributed by atoms with Crippen LogP contribution in [0.4, 0.5) is 0 Å². The van der Waals surface area contributed by atoms with Gasteiger partial charge in [0.05, 0.1) is 37.1 Å². The number of carbonyl (C=O) groups excluding carboxylic acids is 1. The molecule has 2 heterocycles. The number of pyridine rings is 1. The summed E-state index contributed by atoms with van der Waals surface area (Å²) in [6.45, 7) is 3.83. The van der Waals surface area contributed by atoms with Crippen LogP contribution in [0.15, 0.2) is 48.5 Å². The summed E-state index contributed by atoms with van der Waals surface area (Å²) in [5.74, 6) is 1.32. The van der Waals surface area contributed by atoms with Crippen molar-refractivity contribution in [1.29, 1.82) is 0 Å². The zero-order chi connectivity index (χ0) is 24.9. The first-order valence-corrected chi connectivity index (χ1v) is 11.9. The molecule has 1 aliphatic heterocycles. The number of methoxy groups -OCH3 is 2. The minimum Gasteiger partial charge on any atom is -0.496 e. The third-order valence-corrected chi connectivity index (χ3v) is 6.24. The number of aromatic nitrogens is 1. The minimum absolute atomic E-state index is 0.0559. The number of hydrogen-bond donors (Lipinski definition) is 0. The third kappa shape index (κ3) is 5.36. The third-order valence-electron chi connectivity index (χ3n) is 5.92. The number of rotatable bonds is 8. The summed E-state index contributed by atoms with van der Waals surface area (Å²) in [7, 11) is 5.27. The van der Waals surface area contributed by atoms with Crippen LogP contribution >= 0.6 is 11.6 Å². The first-order chi connectivity index (χ1) is 16.9. The molecule has 1 saturated heterocycles. The molecule has 0 saturated carbocycles. The van der Waals surface area contributed by atoms with Crippen LogP contribution in [0.2, 0.25) is 5.02 Å². The lowest BCUT2D eigenvalue weighted by Crippen LogP contribution is -2.21. The summed E-state index contributed by atoms with van der Waals surface area (Å²) < 4.78 is 22.7. The number of nitrogens with zero attached hydrogens (tertiary/aromatic N) is 2. The smallest absolute Gasteiger partial charge is 0.356 e. The fourth-order valence-electron chi connectivity index (χ4n) is 4.23. The molecule has 3 aromatic rings. The molecule has 1 unspecified atom stereocenters. The summed E-state index contributed by atoms with van der Waals surface area (Å²) >= 11 is 6.50. The predicted molar refractivity (Wildman–Crippen MR) is 136 cm³/mol. The van der Waals surface area contributed by atoms with Crippen molar-refractivity contribution in [1.82, 2.24) is 9.88 Å². The van der Waals surface area contributed by atoms with E-state index in [9.17, 15) is 4.79 Å². The Labute approximate surface area is 210 Å². The molecule has 0 amide bonds.